The van der Waals surface area contributed by atoms with Gasteiger partial charge in [0.2, 0.25) is 23.6 Å². The largest absolute Gasteiger partial charge is 0.368 e. The fourth-order valence-corrected chi connectivity index (χ4v) is 3.72. The minimum Gasteiger partial charge on any atom is -0.368 e. The number of nitrogens with one attached hydrogen (secondary N) is 2. The highest BCUT2D eigenvalue weighted by Gasteiger charge is 2.42. The Kier molecular flexibility index (Phi) is 6.35. The van der Waals surface area contributed by atoms with Crippen molar-refractivity contribution in [2.45, 2.75) is 57.5 Å². The molecule has 0 spiro atoms. The van der Waals surface area contributed by atoms with Gasteiger partial charge >= 0.3 is 0 Å². The Labute approximate surface area is 146 Å². The molecule has 9 heteroatoms. The lowest BCUT2D eigenvalue weighted by atomic mass is 9.78. The number of rotatable bonds is 5. The fourth-order valence-electron chi connectivity index (χ4n) is 3.72. The summed E-state index contributed by atoms with van der Waals surface area (Å²) in [6.45, 7) is 1.93. The van der Waals surface area contributed by atoms with E-state index in [2.05, 4.69) is 5.32 Å². The van der Waals surface area contributed by atoms with Crippen molar-refractivity contribution in [2.24, 2.45) is 17.6 Å². The van der Waals surface area contributed by atoms with Gasteiger partial charge in [0.25, 0.3) is 0 Å². The lowest BCUT2D eigenvalue weighted by molar-refractivity contribution is -0.149. The van der Waals surface area contributed by atoms with Crippen LogP contribution in [0.5, 0.6) is 0 Å². The molecule has 9 nitrogen and oxygen atoms in total. The molecule has 1 heterocycles. The summed E-state index contributed by atoms with van der Waals surface area (Å²) in [6.07, 6.45) is 3.92. The molecule has 2 aliphatic rings. The molecule has 0 bridgehead atoms. The van der Waals surface area contributed by atoms with Crippen molar-refractivity contribution in [3.8, 4) is 0 Å². The van der Waals surface area contributed by atoms with Crippen LogP contribution in [-0.2, 0) is 19.2 Å². The standard InChI is InChI=1S/C16H26N4O5/c1-9(13(17)21)18-15(23)12-7-4-8-20(12)16(24)11-6-3-2-5-10(11)14(22)19-25/h9-12,25H,2-8H2,1H3,(H2,17,21)(H,18,23)(H,19,22)/t9-,10+,11+,12-/m0/s1. The monoisotopic (exact) mass is 354 g/mol. The summed E-state index contributed by atoms with van der Waals surface area (Å²) in [6, 6.07) is -1.47. The molecular weight excluding hydrogens is 328 g/mol. The quantitative estimate of drug-likeness (QED) is 0.381. The van der Waals surface area contributed by atoms with Crippen LogP contribution >= 0.6 is 0 Å². The summed E-state index contributed by atoms with van der Waals surface area (Å²) in [5.41, 5.74) is 6.80. The lowest BCUT2D eigenvalue weighted by Crippen LogP contribution is -2.53. The zero-order chi connectivity index (χ0) is 18.6. The van der Waals surface area contributed by atoms with Crippen molar-refractivity contribution in [1.82, 2.24) is 15.7 Å². The molecule has 5 N–H and O–H groups in total. The average molecular weight is 354 g/mol. The number of hydroxylamine groups is 1. The number of nitrogens with zero attached hydrogens (tertiary/aromatic N) is 1. The van der Waals surface area contributed by atoms with Crippen LogP contribution in [0.2, 0.25) is 0 Å². The predicted molar refractivity (Wildman–Crippen MR) is 86.9 cm³/mol. The third-order valence-electron chi connectivity index (χ3n) is 5.15. The Bertz CT molecular complexity index is 553. The van der Waals surface area contributed by atoms with Gasteiger partial charge in [-0.2, -0.15) is 0 Å². The average Bonchev–Trinajstić information content (AvgIpc) is 3.10. The molecule has 1 saturated heterocycles. The van der Waals surface area contributed by atoms with E-state index >= 15 is 0 Å². The van der Waals surface area contributed by atoms with Crippen LogP contribution in [0.25, 0.3) is 0 Å². The summed E-state index contributed by atoms with van der Waals surface area (Å²) >= 11 is 0. The SMILES string of the molecule is C[C@H](NC(=O)[C@@H]1CCCN1C(=O)[C@@H]1CCCC[C@H]1C(=O)NO)C(N)=O. The smallest absolute Gasteiger partial charge is 0.247 e. The first-order valence-corrected chi connectivity index (χ1v) is 8.71. The molecule has 0 unspecified atom stereocenters. The maximum absolute atomic E-state index is 13.0. The van der Waals surface area contributed by atoms with E-state index in [9.17, 15) is 19.2 Å². The fraction of sp³-hybridized carbons (Fsp3) is 0.750. The molecule has 1 aliphatic carbocycles. The van der Waals surface area contributed by atoms with Gasteiger partial charge in [-0.15, -0.1) is 0 Å². The van der Waals surface area contributed by atoms with Crippen LogP contribution in [0, 0.1) is 11.8 Å². The number of primary amides is 1. The van der Waals surface area contributed by atoms with E-state index in [0.717, 1.165) is 12.8 Å². The van der Waals surface area contributed by atoms with E-state index in [1.807, 2.05) is 0 Å². The highest BCUT2D eigenvalue weighted by atomic mass is 16.5. The van der Waals surface area contributed by atoms with Gasteiger partial charge in [0.15, 0.2) is 0 Å². The number of carbonyl (C=O) groups excluding carboxylic acids is 4. The van der Waals surface area contributed by atoms with Gasteiger partial charge in [-0.25, -0.2) is 5.48 Å². The summed E-state index contributed by atoms with van der Waals surface area (Å²) < 4.78 is 0. The van der Waals surface area contributed by atoms with Crippen LogP contribution in [-0.4, -0.2) is 52.4 Å². The van der Waals surface area contributed by atoms with Gasteiger partial charge in [-0.05, 0) is 32.6 Å². The van der Waals surface area contributed by atoms with Crippen LogP contribution in [0.1, 0.15) is 45.4 Å². The Balaban J connectivity index is 2.09. The Morgan fingerprint density at radius 1 is 1.04 bits per heavy atom. The van der Waals surface area contributed by atoms with Crippen molar-refractivity contribution in [3.63, 3.8) is 0 Å². The number of hydrogen-bond acceptors (Lipinski definition) is 5. The van der Waals surface area contributed by atoms with Crippen molar-refractivity contribution < 1.29 is 24.4 Å². The second-order valence-corrected chi connectivity index (χ2v) is 6.80. The first-order chi connectivity index (χ1) is 11.9. The Hall–Kier alpha value is -2.16. The van der Waals surface area contributed by atoms with E-state index in [1.165, 1.54) is 11.8 Å². The summed E-state index contributed by atoms with van der Waals surface area (Å²) in [4.78, 5) is 49.8. The molecule has 1 saturated carbocycles. The van der Waals surface area contributed by atoms with Crippen LogP contribution in [0.15, 0.2) is 0 Å². The molecule has 0 aromatic heterocycles. The predicted octanol–water partition coefficient (Wildman–Crippen LogP) is -0.721. The molecule has 25 heavy (non-hydrogen) atoms. The van der Waals surface area contributed by atoms with Gasteiger partial charge in [0, 0.05) is 12.5 Å². The van der Waals surface area contributed by atoms with E-state index in [1.54, 1.807) is 5.48 Å². The molecule has 2 fully saturated rings. The zero-order valence-corrected chi connectivity index (χ0v) is 14.4. The summed E-state index contributed by atoms with van der Waals surface area (Å²) in [5.74, 6) is -2.96. The minimum atomic E-state index is -0.812. The normalized spacial score (nSPS) is 27.4. The molecule has 4 atom stereocenters. The third kappa shape index (κ3) is 4.28. The number of carbonyl (C=O) groups is 4. The van der Waals surface area contributed by atoms with Gasteiger partial charge in [-0.3, -0.25) is 24.4 Å². The van der Waals surface area contributed by atoms with E-state index in [0.29, 0.717) is 32.2 Å². The van der Waals surface area contributed by atoms with Gasteiger partial charge < -0.3 is 16.0 Å². The van der Waals surface area contributed by atoms with E-state index in [4.69, 9.17) is 10.9 Å². The van der Waals surface area contributed by atoms with Crippen LogP contribution < -0.4 is 16.5 Å². The maximum atomic E-state index is 13.0. The molecular formula is C16H26N4O5. The number of likely N-dealkylation sites (tertiary alicyclic amines) is 1. The molecule has 0 aromatic carbocycles. The summed E-state index contributed by atoms with van der Waals surface area (Å²) in [7, 11) is 0. The van der Waals surface area contributed by atoms with E-state index < -0.39 is 41.6 Å². The van der Waals surface area contributed by atoms with Crippen LogP contribution in [0.3, 0.4) is 0 Å². The van der Waals surface area contributed by atoms with Gasteiger partial charge in [0.05, 0.1) is 5.92 Å². The Morgan fingerprint density at radius 2 is 1.68 bits per heavy atom. The number of amides is 4. The maximum Gasteiger partial charge on any atom is 0.247 e. The first kappa shape index (κ1) is 19.2. The molecule has 0 aromatic rings. The van der Waals surface area contributed by atoms with Gasteiger partial charge in [0.1, 0.15) is 12.1 Å². The third-order valence-corrected chi connectivity index (χ3v) is 5.15. The molecule has 140 valence electrons. The molecule has 1 aliphatic heterocycles. The zero-order valence-electron chi connectivity index (χ0n) is 14.4. The topological polar surface area (TPSA) is 142 Å². The lowest BCUT2D eigenvalue weighted by Gasteiger charge is -2.34. The van der Waals surface area contributed by atoms with Crippen molar-refractivity contribution in [2.75, 3.05) is 6.54 Å². The first-order valence-electron chi connectivity index (χ1n) is 8.71. The second-order valence-electron chi connectivity index (χ2n) is 6.80. The van der Waals surface area contributed by atoms with Crippen molar-refractivity contribution >= 4 is 23.6 Å². The van der Waals surface area contributed by atoms with Crippen molar-refractivity contribution in [1.29, 1.82) is 0 Å². The highest BCUT2D eigenvalue weighted by Crippen LogP contribution is 2.33. The number of hydrogen-bond donors (Lipinski definition) is 4. The number of nitrogens with two attached hydrogens (primary N) is 1. The Morgan fingerprint density at radius 3 is 2.28 bits per heavy atom. The van der Waals surface area contributed by atoms with Crippen LogP contribution in [0.4, 0.5) is 0 Å². The van der Waals surface area contributed by atoms with E-state index in [-0.39, 0.29) is 5.91 Å². The van der Waals surface area contributed by atoms with Gasteiger partial charge in [-0.1, -0.05) is 12.8 Å². The summed E-state index contributed by atoms with van der Waals surface area (Å²) in [5, 5.41) is 11.4. The molecule has 4 amide bonds. The second kappa shape index (κ2) is 8.28. The molecule has 2 rings (SSSR count). The minimum absolute atomic E-state index is 0.238. The van der Waals surface area contributed by atoms with Crippen molar-refractivity contribution in [3.05, 3.63) is 0 Å². The molecule has 0 radical (unpaired) electrons. The highest BCUT2D eigenvalue weighted by molar-refractivity contribution is 5.93.